The van der Waals surface area contributed by atoms with Crippen LogP contribution in [0.5, 0.6) is 11.5 Å². The molecular weight excluding hydrogens is 316 g/mol. The number of ether oxygens (including phenoxy) is 2. The van der Waals surface area contributed by atoms with Gasteiger partial charge >= 0.3 is 5.97 Å². The molecule has 1 atom stereocenters. The Morgan fingerprint density at radius 1 is 1.43 bits per heavy atom. The van der Waals surface area contributed by atoms with Gasteiger partial charge in [-0.2, -0.15) is 0 Å². The number of benzene rings is 1. The molecule has 2 aromatic rings. The number of nitrogens with one attached hydrogen (secondary N) is 1. The van der Waals surface area contributed by atoms with Gasteiger partial charge < -0.3 is 14.6 Å². The SMILES string of the molecule is CCCC(NCc1csc(-c2ccc3c(c2)OCO3)n1)C(=O)O. The van der Waals surface area contributed by atoms with E-state index >= 15 is 0 Å². The van der Waals surface area contributed by atoms with Gasteiger partial charge in [0.1, 0.15) is 11.0 Å². The highest BCUT2D eigenvalue weighted by atomic mass is 32.1. The first-order valence-electron chi connectivity index (χ1n) is 7.48. The summed E-state index contributed by atoms with van der Waals surface area (Å²) < 4.78 is 10.7. The van der Waals surface area contributed by atoms with Gasteiger partial charge in [-0.05, 0) is 24.6 Å². The number of aliphatic carboxylic acids is 1. The number of hydrogen-bond donors (Lipinski definition) is 2. The van der Waals surface area contributed by atoms with Gasteiger partial charge in [0.15, 0.2) is 11.5 Å². The topological polar surface area (TPSA) is 80.7 Å². The van der Waals surface area contributed by atoms with Crippen LogP contribution in [0.15, 0.2) is 23.6 Å². The number of hydrogen-bond acceptors (Lipinski definition) is 6. The van der Waals surface area contributed by atoms with E-state index < -0.39 is 12.0 Å². The van der Waals surface area contributed by atoms with Crippen LogP contribution in [0.4, 0.5) is 0 Å². The zero-order valence-corrected chi connectivity index (χ0v) is 13.6. The summed E-state index contributed by atoms with van der Waals surface area (Å²) in [5.74, 6) is 0.653. The van der Waals surface area contributed by atoms with Gasteiger partial charge in [0.05, 0.1) is 5.69 Å². The van der Waals surface area contributed by atoms with Crippen LogP contribution in [-0.4, -0.2) is 28.9 Å². The molecule has 0 aliphatic carbocycles. The highest BCUT2D eigenvalue weighted by molar-refractivity contribution is 7.13. The minimum Gasteiger partial charge on any atom is -0.480 e. The molecule has 1 unspecified atom stereocenters. The van der Waals surface area contributed by atoms with Crippen molar-refractivity contribution in [3.8, 4) is 22.1 Å². The third-order valence-electron chi connectivity index (χ3n) is 3.58. The fourth-order valence-electron chi connectivity index (χ4n) is 2.38. The quantitative estimate of drug-likeness (QED) is 0.810. The van der Waals surface area contributed by atoms with E-state index in [9.17, 15) is 4.79 Å². The molecule has 7 heteroatoms. The molecule has 1 aliphatic heterocycles. The molecule has 1 aliphatic rings. The molecule has 6 nitrogen and oxygen atoms in total. The third-order valence-corrected chi connectivity index (χ3v) is 4.52. The normalized spacial score (nSPS) is 14.0. The van der Waals surface area contributed by atoms with Crippen LogP contribution < -0.4 is 14.8 Å². The molecule has 0 spiro atoms. The fourth-order valence-corrected chi connectivity index (χ4v) is 3.20. The van der Waals surface area contributed by atoms with E-state index in [0.717, 1.165) is 34.2 Å². The maximum atomic E-state index is 11.1. The monoisotopic (exact) mass is 334 g/mol. The molecule has 0 saturated carbocycles. The number of fused-ring (bicyclic) bond motifs is 1. The Kier molecular flexibility index (Phi) is 4.78. The zero-order valence-electron chi connectivity index (χ0n) is 12.7. The lowest BCUT2D eigenvalue weighted by Crippen LogP contribution is -2.36. The number of carbonyl (C=O) groups is 1. The second-order valence-electron chi connectivity index (χ2n) is 5.27. The van der Waals surface area contributed by atoms with Crippen molar-refractivity contribution in [2.24, 2.45) is 0 Å². The first-order chi connectivity index (χ1) is 11.2. The zero-order chi connectivity index (χ0) is 16.2. The second-order valence-corrected chi connectivity index (χ2v) is 6.13. The Balaban J connectivity index is 1.67. The summed E-state index contributed by atoms with van der Waals surface area (Å²) in [5, 5.41) is 15.0. The average molecular weight is 334 g/mol. The summed E-state index contributed by atoms with van der Waals surface area (Å²) in [5.41, 5.74) is 1.80. The standard InChI is InChI=1S/C16H18N2O4S/c1-2-3-12(16(19)20)17-7-11-8-23-15(18-11)10-4-5-13-14(6-10)22-9-21-13/h4-6,8,12,17H,2-3,7,9H2,1H3,(H,19,20). The first kappa shape index (κ1) is 15.8. The molecule has 0 fully saturated rings. The highest BCUT2D eigenvalue weighted by Crippen LogP contribution is 2.36. The van der Waals surface area contributed by atoms with E-state index in [0.29, 0.717) is 13.0 Å². The maximum absolute atomic E-state index is 11.1. The summed E-state index contributed by atoms with van der Waals surface area (Å²) in [4.78, 5) is 15.7. The van der Waals surface area contributed by atoms with Gasteiger partial charge in [0, 0.05) is 17.5 Å². The van der Waals surface area contributed by atoms with Crippen molar-refractivity contribution in [3.63, 3.8) is 0 Å². The molecule has 122 valence electrons. The largest absolute Gasteiger partial charge is 0.480 e. The van der Waals surface area contributed by atoms with E-state index in [1.165, 1.54) is 11.3 Å². The van der Waals surface area contributed by atoms with Crippen molar-refractivity contribution in [2.45, 2.75) is 32.4 Å². The number of thiazole rings is 1. The Hall–Kier alpha value is -2.12. The first-order valence-corrected chi connectivity index (χ1v) is 8.36. The summed E-state index contributed by atoms with van der Waals surface area (Å²) >= 11 is 1.53. The summed E-state index contributed by atoms with van der Waals surface area (Å²) in [6.45, 7) is 2.66. The number of carboxylic acids is 1. The molecule has 0 amide bonds. The van der Waals surface area contributed by atoms with E-state index in [1.54, 1.807) is 0 Å². The predicted molar refractivity (Wildman–Crippen MR) is 86.8 cm³/mol. The number of nitrogens with zero attached hydrogens (tertiary/aromatic N) is 1. The summed E-state index contributed by atoms with van der Waals surface area (Å²) in [7, 11) is 0. The smallest absolute Gasteiger partial charge is 0.320 e. The Morgan fingerprint density at radius 2 is 2.26 bits per heavy atom. The van der Waals surface area contributed by atoms with Gasteiger partial charge in [-0.3, -0.25) is 10.1 Å². The molecule has 2 heterocycles. The van der Waals surface area contributed by atoms with Gasteiger partial charge in [-0.25, -0.2) is 4.98 Å². The second kappa shape index (κ2) is 6.97. The van der Waals surface area contributed by atoms with Crippen molar-refractivity contribution in [1.82, 2.24) is 10.3 Å². The van der Waals surface area contributed by atoms with Crippen molar-refractivity contribution < 1.29 is 19.4 Å². The van der Waals surface area contributed by atoms with E-state index in [1.807, 2.05) is 30.5 Å². The third kappa shape index (κ3) is 3.62. The summed E-state index contributed by atoms with van der Waals surface area (Å²) in [6, 6.07) is 5.20. The van der Waals surface area contributed by atoms with Gasteiger partial charge in [0.2, 0.25) is 6.79 Å². The lowest BCUT2D eigenvalue weighted by molar-refractivity contribution is -0.139. The molecule has 2 N–H and O–H groups in total. The molecule has 0 radical (unpaired) electrons. The minimum absolute atomic E-state index is 0.250. The van der Waals surface area contributed by atoms with Crippen LogP contribution >= 0.6 is 11.3 Å². The Labute approximate surface area is 138 Å². The summed E-state index contributed by atoms with van der Waals surface area (Å²) in [6.07, 6.45) is 1.43. The van der Waals surface area contributed by atoms with Crippen molar-refractivity contribution >= 4 is 17.3 Å². The molecule has 23 heavy (non-hydrogen) atoms. The molecule has 0 bridgehead atoms. The fraction of sp³-hybridized carbons (Fsp3) is 0.375. The molecule has 1 aromatic heterocycles. The van der Waals surface area contributed by atoms with Crippen molar-refractivity contribution in [1.29, 1.82) is 0 Å². The molecular formula is C16H18N2O4S. The highest BCUT2D eigenvalue weighted by Gasteiger charge is 2.17. The lowest BCUT2D eigenvalue weighted by atomic mass is 10.1. The van der Waals surface area contributed by atoms with Crippen LogP contribution in [-0.2, 0) is 11.3 Å². The van der Waals surface area contributed by atoms with Gasteiger partial charge in [-0.1, -0.05) is 13.3 Å². The van der Waals surface area contributed by atoms with Gasteiger partial charge in [0.25, 0.3) is 0 Å². The molecule has 3 rings (SSSR count). The predicted octanol–water partition coefficient (Wildman–Crippen LogP) is 2.88. The number of carboxylic acid groups (broad SMARTS) is 1. The van der Waals surface area contributed by atoms with Crippen molar-refractivity contribution in [2.75, 3.05) is 6.79 Å². The van der Waals surface area contributed by atoms with Crippen LogP contribution in [0.3, 0.4) is 0 Å². The van der Waals surface area contributed by atoms with Gasteiger partial charge in [-0.15, -0.1) is 11.3 Å². The van der Waals surface area contributed by atoms with Crippen LogP contribution in [0.25, 0.3) is 10.6 Å². The number of aromatic nitrogens is 1. The van der Waals surface area contributed by atoms with E-state index in [2.05, 4.69) is 10.3 Å². The van der Waals surface area contributed by atoms with Crippen LogP contribution in [0.2, 0.25) is 0 Å². The van der Waals surface area contributed by atoms with E-state index in [4.69, 9.17) is 14.6 Å². The minimum atomic E-state index is -0.821. The lowest BCUT2D eigenvalue weighted by Gasteiger charge is -2.11. The average Bonchev–Trinajstić information content (AvgIpc) is 3.19. The molecule has 1 aromatic carbocycles. The Bertz CT molecular complexity index is 701. The van der Waals surface area contributed by atoms with E-state index in [-0.39, 0.29) is 6.79 Å². The number of rotatable bonds is 7. The van der Waals surface area contributed by atoms with Crippen LogP contribution in [0.1, 0.15) is 25.5 Å². The van der Waals surface area contributed by atoms with Crippen molar-refractivity contribution in [3.05, 3.63) is 29.3 Å². The molecule has 0 saturated heterocycles. The Morgan fingerprint density at radius 3 is 3.04 bits per heavy atom. The van der Waals surface area contributed by atoms with Crippen LogP contribution in [0, 0.1) is 0 Å². The maximum Gasteiger partial charge on any atom is 0.320 e.